The molecule has 0 spiro atoms. The molecule has 20 heavy (non-hydrogen) atoms. The summed E-state index contributed by atoms with van der Waals surface area (Å²) in [6.45, 7) is 0. The Morgan fingerprint density at radius 1 is 1.25 bits per heavy atom. The quantitative estimate of drug-likeness (QED) is 0.830. The Morgan fingerprint density at radius 3 is 2.50 bits per heavy atom. The monoisotopic (exact) mass is 337 g/mol. The highest BCUT2D eigenvalue weighted by molar-refractivity contribution is 7.93. The molecule has 0 aliphatic heterocycles. The minimum atomic E-state index is -4.26. The first-order valence-electron chi connectivity index (χ1n) is 5.00. The van der Waals surface area contributed by atoms with Crippen LogP contribution in [0.2, 0.25) is 0 Å². The maximum Gasteiger partial charge on any atom is 0.265 e. The summed E-state index contributed by atoms with van der Waals surface area (Å²) in [5, 5.41) is 3.52. The van der Waals surface area contributed by atoms with Crippen LogP contribution in [0.5, 0.6) is 0 Å². The summed E-state index contributed by atoms with van der Waals surface area (Å²) in [6, 6.07) is 2.55. The van der Waals surface area contributed by atoms with Crippen molar-refractivity contribution >= 4 is 36.4 Å². The Hall–Kier alpha value is -1.59. The third-order valence-electron chi connectivity index (χ3n) is 2.22. The molecule has 0 saturated heterocycles. The molecule has 11 heteroatoms. The van der Waals surface area contributed by atoms with Crippen molar-refractivity contribution in [1.29, 1.82) is 0 Å². The van der Waals surface area contributed by atoms with Crippen LogP contribution in [0.4, 0.5) is 9.39 Å². The Labute approximate surface area is 118 Å². The average Bonchev–Trinajstić information content (AvgIpc) is 2.79. The summed E-state index contributed by atoms with van der Waals surface area (Å²) >= 11 is 0.768. The fourth-order valence-electron chi connectivity index (χ4n) is 1.32. The van der Waals surface area contributed by atoms with E-state index in [9.17, 15) is 21.2 Å². The van der Waals surface area contributed by atoms with Crippen LogP contribution in [-0.4, -0.2) is 32.7 Å². The molecule has 0 aliphatic rings. The zero-order chi connectivity index (χ0) is 15.0. The molecule has 0 radical (unpaired) electrons. The second-order valence-electron chi connectivity index (χ2n) is 3.75. The first kappa shape index (κ1) is 14.8. The number of sulfone groups is 1. The standard InChI is InChI=1S/C9H8FN3O4S3/c1-19(14,15)6-2-3-7(10)8(4-6)20(16,17)12-9-5-11-13-18-9/h2-5,12H,1H3. The molecule has 0 bridgehead atoms. The van der Waals surface area contributed by atoms with Crippen LogP contribution in [0, 0.1) is 5.82 Å². The van der Waals surface area contributed by atoms with Gasteiger partial charge in [0.15, 0.2) is 9.84 Å². The smallest absolute Gasteiger partial charge is 0.265 e. The zero-order valence-corrected chi connectivity index (χ0v) is 12.4. The van der Waals surface area contributed by atoms with Gasteiger partial charge in [-0.15, -0.1) is 5.10 Å². The second kappa shape index (κ2) is 5.07. The summed E-state index contributed by atoms with van der Waals surface area (Å²) in [5.41, 5.74) is 0. The van der Waals surface area contributed by atoms with Gasteiger partial charge in [-0.05, 0) is 18.2 Å². The molecule has 1 heterocycles. The van der Waals surface area contributed by atoms with Crippen molar-refractivity contribution in [2.24, 2.45) is 0 Å². The van der Waals surface area contributed by atoms with Crippen LogP contribution in [0.25, 0.3) is 0 Å². The van der Waals surface area contributed by atoms with Gasteiger partial charge in [-0.25, -0.2) is 21.2 Å². The minimum absolute atomic E-state index is 0.0918. The molecule has 2 rings (SSSR count). The SMILES string of the molecule is CS(=O)(=O)c1ccc(F)c(S(=O)(=O)Nc2cnns2)c1. The lowest BCUT2D eigenvalue weighted by atomic mass is 10.3. The van der Waals surface area contributed by atoms with Crippen molar-refractivity contribution in [2.75, 3.05) is 11.0 Å². The molecule has 108 valence electrons. The van der Waals surface area contributed by atoms with Gasteiger partial charge in [0.25, 0.3) is 10.0 Å². The van der Waals surface area contributed by atoms with Crippen molar-refractivity contribution in [1.82, 2.24) is 9.59 Å². The number of anilines is 1. The molecule has 0 fully saturated rings. The van der Waals surface area contributed by atoms with E-state index in [2.05, 4.69) is 14.3 Å². The molecule has 1 aromatic heterocycles. The van der Waals surface area contributed by atoms with E-state index >= 15 is 0 Å². The number of hydrogen-bond donors (Lipinski definition) is 1. The van der Waals surface area contributed by atoms with Gasteiger partial charge in [-0.1, -0.05) is 4.49 Å². The van der Waals surface area contributed by atoms with Crippen LogP contribution in [0.1, 0.15) is 0 Å². The number of rotatable bonds is 4. The summed E-state index contributed by atoms with van der Waals surface area (Å²) < 4.78 is 65.9. The van der Waals surface area contributed by atoms with E-state index in [4.69, 9.17) is 0 Å². The minimum Gasteiger partial charge on any atom is -0.268 e. The number of sulfonamides is 1. The number of benzene rings is 1. The lowest BCUT2D eigenvalue weighted by molar-refractivity contribution is 0.567. The van der Waals surface area contributed by atoms with Crippen molar-refractivity contribution in [3.8, 4) is 0 Å². The fraction of sp³-hybridized carbons (Fsp3) is 0.111. The van der Waals surface area contributed by atoms with E-state index in [-0.39, 0.29) is 9.90 Å². The van der Waals surface area contributed by atoms with Crippen LogP contribution >= 0.6 is 11.5 Å². The number of nitrogens with zero attached hydrogens (tertiary/aromatic N) is 2. The summed E-state index contributed by atoms with van der Waals surface area (Å²) in [7, 11) is -7.90. The molecular formula is C9H8FN3O4S3. The summed E-state index contributed by atoms with van der Waals surface area (Å²) in [5.74, 6) is -1.05. The van der Waals surface area contributed by atoms with Gasteiger partial charge >= 0.3 is 0 Å². The van der Waals surface area contributed by atoms with E-state index in [0.717, 1.165) is 42.2 Å². The van der Waals surface area contributed by atoms with E-state index in [1.54, 1.807) is 0 Å². The van der Waals surface area contributed by atoms with Gasteiger partial charge in [0.2, 0.25) is 0 Å². The predicted molar refractivity (Wildman–Crippen MR) is 70.2 cm³/mol. The van der Waals surface area contributed by atoms with E-state index in [1.807, 2.05) is 0 Å². The highest BCUT2D eigenvalue weighted by Crippen LogP contribution is 2.23. The fourth-order valence-corrected chi connectivity index (χ4v) is 3.83. The van der Waals surface area contributed by atoms with E-state index < -0.39 is 30.6 Å². The predicted octanol–water partition coefficient (Wildman–Crippen LogP) is 0.881. The summed E-state index contributed by atoms with van der Waals surface area (Å²) in [4.78, 5) is -1.05. The van der Waals surface area contributed by atoms with Crippen molar-refractivity contribution in [3.05, 3.63) is 30.2 Å². The maximum absolute atomic E-state index is 13.6. The Morgan fingerprint density at radius 2 is 1.95 bits per heavy atom. The van der Waals surface area contributed by atoms with Crippen molar-refractivity contribution in [2.45, 2.75) is 9.79 Å². The summed E-state index contributed by atoms with van der Waals surface area (Å²) in [6.07, 6.45) is 2.05. The van der Waals surface area contributed by atoms with Crippen LogP contribution in [0.15, 0.2) is 34.2 Å². The number of aromatic nitrogens is 2. The average molecular weight is 337 g/mol. The highest BCUT2D eigenvalue weighted by atomic mass is 32.2. The lowest BCUT2D eigenvalue weighted by Gasteiger charge is -2.07. The van der Waals surface area contributed by atoms with Gasteiger partial charge in [-0.2, -0.15) is 0 Å². The van der Waals surface area contributed by atoms with Crippen molar-refractivity contribution in [3.63, 3.8) is 0 Å². The highest BCUT2D eigenvalue weighted by Gasteiger charge is 2.22. The Kier molecular flexibility index (Phi) is 3.75. The maximum atomic E-state index is 13.6. The molecule has 1 aromatic carbocycles. The molecule has 0 saturated carbocycles. The third kappa shape index (κ3) is 3.11. The van der Waals surface area contributed by atoms with Gasteiger partial charge in [-0.3, -0.25) is 4.72 Å². The van der Waals surface area contributed by atoms with E-state index in [1.165, 1.54) is 0 Å². The molecule has 0 aliphatic carbocycles. The molecule has 2 aromatic rings. The molecule has 0 unspecified atom stereocenters. The lowest BCUT2D eigenvalue weighted by Crippen LogP contribution is -2.14. The molecular weight excluding hydrogens is 329 g/mol. The molecule has 0 amide bonds. The van der Waals surface area contributed by atoms with Crippen LogP contribution in [-0.2, 0) is 19.9 Å². The van der Waals surface area contributed by atoms with Gasteiger partial charge in [0, 0.05) is 17.8 Å². The topological polar surface area (TPSA) is 106 Å². The zero-order valence-electron chi connectivity index (χ0n) is 9.94. The largest absolute Gasteiger partial charge is 0.268 e. The first-order valence-corrected chi connectivity index (χ1v) is 9.15. The molecule has 0 atom stereocenters. The van der Waals surface area contributed by atoms with Gasteiger partial charge in [0.1, 0.15) is 15.7 Å². The van der Waals surface area contributed by atoms with E-state index in [0.29, 0.717) is 0 Å². The second-order valence-corrected chi connectivity index (χ2v) is 8.20. The Bertz CT molecular complexity index is 831. The number of hydrogen-bond acceptors (Lipinski definition) is 7. The van der Waals surface area contributed by atoms with Crippen LogP contribution in [0.3, 0.4) is 0 Å². The normalized spacial score (nSPS) is 12.3. The van der Waals surface area contributed by atoms with Gasteiger partial charge in [0.05, 0.1) is 11.1 Å². The Balaban J connectivity index is 2.51. The first-order chi connectivity index (χ1) is 9.20. The van der Waals surface area contributed by atoms with Crippen LogP contribution < -0.4 is 4.72 Å². The third-order valence-corrected chi connectivity index (χ3v) is 5.42. The van der Waals surface area contributed by atoms with Gasteiger partial charge < -0.3 is 0 Å². The van der Waals surface area contributed by atoms with Crippen molar-refractivity contribution < 1.29 is 21.2 Å². The number of nitrogens with one attached hydrogen (secondary N) is 1. The molecule has 7 nitrogen and oxygen atoms in total. The molecule has 1 N–H and O–H groups in total. The number of halogens is 1.